The van der Waals surface area contributed by atoms with Gasteiger partial charge in [-0.1, -0.05) is 10.3 Å². The van der Waals surface area contributed by atoms with Gasteiger partial charge in [-0.2, -0.15) is 0 Å². The molecule has 0 amide bonds. The molecule has 2 rings (SSSR count). The first-order chi connectivity index (χ1) is 8.69. The fourth-order valence-corrected chi connectivity index (χ4v) is 1.97. The Kier molecular flexibility index (Phi) is 5.62. The SMILES string of the molecule is Cl.[N-]=[N+]=NC1CCN(Cc2cc(C(=O)O)no2)CC1. The molecule has 0 unspecified atom stereocenters. The minimum Gasteiger partial charge on any atom is -0.476 e. The molecule has 0 aromatic carbocycles. The Morgan fingerprint density at radius 1 is 1.63 bits per heavy atom. The molecule has 0 bridgehead atoms. The van der Waals surface area contributed by atoms with Crippen LogP contribution < -0.4 is 0 Å². The van der Waals surface area contributed by atoms with Gasteiger partial charge in [0.05, 0.1) is 6.54 Å². The Morgan fingerprint density at radius 3 is 2.84 bits per heavy atom. The van der Waals surface area contributed by atoms with Crippen molar-refractivity contribution in [3.8, 4) is 0 Å². The highest BCUT2D eigenvalue weighted by Crippen LogP contribution is 2.16. The molecule has 8 nitrogen and oxygen atoms in total. The lowest BCUT2D eigenvalue weighted by Crippen LogP contribution is -2.34. The van der Waals surface area contributed by atoms with Crippen LogP contribution >= 0.6 is 12.4 Å². The van der Waals surface area contributed by atoms with Crippen LogP contribution in [-0.4, -0.2) is 40.3 Å². The zero-order valence-corrected chi connectivity index (χ0v) is 10.9. The number of aromatic nitrogens is 1. The van der Waals surface area contributed by atoms with Gasteiger partial charge in [0.2, 0.25) is 0 Å². The number of likely N-dealkylation sites (tertiary alicyclic amines) is 1. The first kappa shape index (κ1) is 15.3. The van der Waals surface area contributed by atoms with E-state index in [0.717, 1.165) is 25.9 Å². The molecule has 0 aliphatic carbocycles. The summed E-state index contributed by atoms with van der Waals surface area (Å²) in [7, 11) is 0. The van der Waals surface area contributed by atoms with Crippen LogP contribution in [0.1, 0.15) is 29.1 Å². The zero-order chi connectivity index (χ0) is 13.0. The second-order valence-electron chi connectivity index (χ2n) is 4.20. The highest BCUT2D eigenvalue weighted by Gasteiger charge is 2.20. The third-order valence-electron chi connectivity index (χ3n) is 2.93. The van der Waals surface area contributed by atoms with Crippen molar-refractivity contribution in [2.24, 2.45) is 5.11 Å². The second kappa shape index (κ2) is 6.98. The van der Waals surface area contributed by atoms with E-state index in [2.05, 4.69) is 20.1 Å². The third-order valence-corrected chi connectivity index (χ3v) is 2.93. The number of aromatic carboxylic acids is 1. The van der Waals surface area contributed by atoms with Crippen molar-refractivity contribution in [1.29, 1.82) is 0 Å². The maximum absolute atomic E-state index is 10.6. The molecule has 1 aliphatic rings. The standard InChI is InChI=1S/C10H13N5O3.ClH/c11-14-12-7-1-3-15(4-2-7)6-8-5-9(10(16)17)13-18-8;/h5,7H,1-4,6H2,(H,16,17);1H. The highest BCUT2D eigenvalue weighted by molar-refractivity contribution is 5.85. The molecule has 1 fully saturated rings. The summed E-state index contributed by atoms with van der Waals surface area (Å²) in [6.45, 7) is 2.13. The minimum absolute atomic E-state index is 0. The number of carbonyl (C=O) groups is 1. The summed E-state index contributed by atoms with van der Waals surface area (Å²) in [6.07, 6.45) is 1.62. The second-order valence-corrected chi connectivity index (χ2v) is 4.20. The van der Waals surface area contributed by atoms with Gasteiger partial charge in [-0.25, -0.2) is 4.79 Å². The summed E-state index contributed by atoms with van der Waals surface area (Å²) < 4.78 is 4.95. The van der Waals surface area contributed by atoms with E-state index in [9.17, 15) is 4.79 Å². The third kappa shape index (κ3) is 4.13. The van der Waals surface area contributed by atoms with E-state index in [-0.39, 0.29) is 24.1 Å². The smallest absolute Gasteiger partial charge is 0.358 e. The summed E-state index contributed by atoms with van der Waals surface area (Å²) in [5.41, 5.74) is 8.27. The molecule has 0 atom stereocenters. The van der Waals surface area contributed by atoms with E-state index in [1.165, 1.54) is 6.07 Å². The lowest BCUT2D eigenvalue weighted by atomic mass is 10.1. The van der Waals surface area contributed by atoms with E-state index in [4.69, 9.17) is 15.2 Å². The van der Waals surface area contributed by atoms with Crippen LogP contribution in [0, 0.1) is 0 Å². The van der Waals surface area contributed by atoms with E-state index >= 15 is 0 Å². The number of piperidine rings is 1. The Morgan fingerprint density at radius 2 is 2.32 bits per heavy atom. The molecule has 1 aromatic heterocycles. The van der Waals surface area contributed by atoms with Gasteiger partial charge in [-0.3, -0.25) is 4.90 Å². The van der Waals surface area contributed by atoms with Crippen molar-refractivity contribution in [2.75, 3.05) is 13.1 Å². The Labute approximate surface area is 115 Å². The van der Waals surface area contributed by atoms with Crippen molar-refractivity contribution in [3.05, 3.63) is 28.0 Å². The number of nitrogens with zero attached hydrogens (tertiary/aromatic N) is 5. The van der Waals surface area contributed by atoms with E-state index in [1.54, 1.807) is 0 Å². The van der Waals surface area contributed by atoms with Crippen molar-refractivity contribution in [1.82, 2.24) is 10.1 Å². The molecule has 19 heavy (non-hydrogen) atoms. The van der Waals surface area contributed by atoms with Crippen LogP contribution in [0.15, 0.2) is 15.7 Å². The molecule has 0 radical (unpaired) electrons. The highest BCUT2D eigenvalue weighted by atomic mass is 35.5. The molecule has 9 heteroatoms. The number of rotatable bonds is 4. The summed E-state index contributed by atoms with van der Waals surface area (Å²) in [6, 6.07) is 1.50. The van der Waals surface area contributed by atoms with Crippen molar-refractivity contribution < 1.29 is 14.4 Å². The number of hydrogen-bond donors (Lipinski definition) is 1. The van der Waals surface area contributed by atoms with Crippen LogP contribution in [0.25, 0.3) is 10.4 Å². The van der Waals surface area contributed by atoms with Crippen LogP contribution in [0.3, 0.4) is 0 Å². The Hall–Kier alpha value is -1.76. The van der Waals surface area contributed by atoms with Gasteiger partial charge in [-0.05, 0) is 31.5 Å². The van der Waals surface area contributed by atoms with Gasteiger partial charge in [-0.15, -0.1) is 12.4 Å². The molecule has 1 saturated heterocycles. The summed E-state index contributed by atoms with van der Waals surface area (Å²) in [4.78, 5) is 15.6. The molecule has 1 N–H and O–H groups in total. The van der Waals surface area contributed by atoms with Crippen molar-refractivity contribution in [2.45, 2.75) is 25.4 Å². The van der Waals surface area contributed by atoms with Crippen LogP contribution in [-0.2, 0) is 6.54 Å². The lowest BCUT2D eigenvalue weighted by Gasteiger charge is -2.28. The minimum atomic E-state index is -1.09. The fraction of sp³-hybridized carbons (Fsp3) is 0.600. The number of carboxylic acids is 1. The summed E-state index contributed by atoms with van der Waals surface area (Å²) >= 11 is 0. The average molecular weight is 288 g/mol. The molecule has 2 heterocycles. The maximum atomic E-state index is 10.6. The normalized spacial score (nSPS) is 16.4. The Bertz CT molecular complexity index is 477. The zero-order valence-electron chi connectivity index (χ0n) is 10.1. The number of halogens is 1. The van der Waals surface area contributed by atoms with Gasteiger partial charge < -0.3 is 9.63 Å². The van der Waals surface area contributed by atoms with Crippen LogP contribution in [0.5, 0.6) is 0 Å². The van der Waals surface area contributed by atoms with Gasteiger partial charge in [0.25, 0.3) is 0 Å². The molecule has 1 aliphatic heterocycles. The van der Waals surface area contributed by atoms with Gasteiger partial charge >= 0.3 is 5.97 Å². The van der Waals surface area contributed by atoms with E-state index in [0.29, 0.717) is 12.3 Å². The predicted octanol–water partition coefficient (Wildman–Crippen LogP) is 2.07. The fourth-order valence-electron chi connectivity index (χ4n) is 1.97. The first-order valence-corrected chi connectivity index (χ1v) is 5.64. The average Bonchev–Trinajstić information content (AvgIpc) is 2.81. The van der Waals surface area contributed by atoms with E-state index in [1.807, 2.05) is 0 Å². The van der Waals surface area contributed by atoms with Crippen LogP contribution in [0.4, 0.5) is 0 Å². The summed E-state index contributed by atoms with van der Waals surface area (Å²) in [5, 5.41) is 15.9. The number of azide groups is 1. The number of carboxylic acid groups (broad SMARTS) is 1. The Balaban J connectivity index is 0.00000180. The molecule has 104 valence electrons. The van der Waals surface area contributed by atoms with Gasteiger partial charge in [0, 0.05) is 17.0 Å². The molecule has 0 saturated carbocycles. The van der Waals surface area contributed by atoms with E-state index < -0.39 is 5.97 Å². The topological polar surface area (TPSA) is 115 Å². The molecule has 0 spiro atoms. The molecular formula is C10H14ClN5O3. The largest absolute Gasteiger partial charge is 0.476 e. The summed E-state index contributed by atoms with van der Waals surface area (Å²) in [5.74, 6) is -0.554. The molecular weight excluding hydrogens is 274 g/mol. The van der Waals surface area contributed by atoms with Crippen molar-refractivity contribution in [3.63, 3.8) is 0 Å². The maximum Gasteiger partial charge on any atom is 0.358 e. The van der Waals surface area contributed by atoms with Gasteiger partial charge in [0.1, 0.15) is 0 Å². The monoisotopic (exact) mass is 287 g/mol. The van der Waals surface area contributed by atoms with Gasteiger partial charge in [0.15, 0.2) is 11.5 Å². The lowest BCUT2D eigenvalue weighted by molar-refractivity contribution is 0.0685. The molecule has 1 aromatic rings. The first-order valence-electron chi connectivity index (χ1n) is 5.64. The van der Waals surface area contributed by atoms with Crippen molar-refractivity contribution >= 4 is 18.4 Å². The predicted molar refractivity (Wildman–Crippen MR) is 68.2 cm³/mol. The quantitative estimate of drug-likeness (QED) is 0.517. The van der Waals surface area contributed by atoms with Crippen LogP contribution in [0.2, 0.25) is 0 Å². The number of hydrogen-bond acceptors (Lipinski definition) is 5.